The molecular formula is C18H21NO3. The zero-order valence-electron chi connectivity index (χ0n) is 12.7. The summed E-state index contributed by atoms with van der Waals surface area (Å²) in [6.45, 7) is 2.99. The maximum Gasteiger partial charge on any atom is 0.258 e. The second kappa shape index (κ2) is 8.72. The fourth-order valence-corrected chi connectivity index (χ4v) is 2.00. The molecule has 22 heavy (non-hydrogen) atoms. The Morgan fingerprint density at radius 3 is 2.50 bits per heavy atom. The summed E-state index contributed by atoms with van der Waals surface area (Å²) in [7, 11) is 0. The average molecular weight is 299 g/mol. The van der Waals surface area contributed by atoms with Crippen LogP contribution in [0.2, 0.25) is 0 Å². The smallest absolute Gasteiger partial charge is 0.258 e. The van der Waals surface area contributed by atoms with Gasteiger partial charge < -0.3 is 14.8 Å². The first kappa shape index (κ1) is 15.9. The monoisotopic (exact) mass is 299 g/mol. The molecule has 0 aliphatic carbocycles. The number of amides is 1. The first-order valence-electron chi connectivity index (χ1n) is 7.45. The Morgan fingerprint density at radius 1 is 1.00 bits per heavy atom. The fourth-order valence-electron chi connectivity index (χ4n) is 2.00. The number of rotatable bonds is 8. The van der Waals surface area contributed by atoms with Gasteiger partial charge in [0, 0.05) is 0 Å². The van der Waals surface area contributed by atoms with Crippen LogP contribution in [0.5, 0.6) is 11.5 Å². The lowest BCUT2D eigenvalue weighted by Gasteiger charge is -2.11. The molecule has 4 heteroatoms. The third kappa shape index (κ3) is 5.13. The highest BCUT2D eigenvalue weighted by atomic mass is 16.5. The van der Waals surface area contributed by atoms with Gasteiger partial charge in [0.25, 0.3) is 5.91 Å². The molecule has 1 amide bonds. The Labute approximate surface area is 131 Å². The van der Waals surface area contributed by atoms with E-state index in [1.54, 1.807) is 0 Å². The van der Waals surface area contributed by atoms with Crippen molar-refractivity contribution in [1.82, 2.24) is 5.32 Å². The largest absolute Gasteiger partial charge is 0.491 e. The second-order valence-electron chi connectivity index (χ2n) is 4.76. The van der Waals surface area contributed by atoms with E-state index in [1.807, 2.05) is 54.6 Å². The third-order valence-corrected chi connectivity index (χ3v) is 3.15. The minimum Gasteiger partial charge on any atom is -0.491 e. The highest BCUT2D eigenvalue weighted by Gasteiger charge is 2.03. The molecule has 1 N–H and O–H groups in total. The molecule has 2 rings (SSSR count). The van der Waals surface area contributed by atoms with Crippen molar-refractivity contribution in [2.45, 2.75) is 13.3 Å². The van der Waals surface area contributed by atoms with Crippen LogP contribution in [-0.2, 0) is 11.2 Å². The number of aryl methyl sites for hydroxylation is 1. The molecule has 0 bridgehead atoms. The minimum absolute atomic E-state index is 0.00948. The molecule has 0 aliphatic heterocycles. The van der Waals surface area contributed by atoms with Crippen LogP contribution in [0.25, 0.3) is 0 Å². The van der Waals surface area contributed by atoms with Gasteiger partial charge in [-0.1, -0.05) is 43.3 Å². The predicted molar refractivity (Wildman–Crippen MR) is 86.3 cm³/mol. The number of para-hydroxylation sites is 2. The van der Waals surface area contributed by atoms with Crippen molar-refractivity contribution in [1.29, 1.82) is 0 Å². The molecule has 4 nitrogen and oxygen atoms in total. The summed E-state index contributed by atoms with van der Waals surface area (Å²) < 4.78 is 11.1. The van der Waals surface area contributed by atoms with Crippen molar-refractivity contribution in [2.24, 2.45) is 0 Å². The molecule has 0 spiro atoms. The van der Waals surface area contributed by atoms with E-state index >= 15 is 0 Å². The molecule has 0 aromatic heterocycles. The van der Waals surface area contributed by atoms with E-state index in [4.69, 9.17) is 9.47 Å². The van der Waals surface area contributed by atoms with Gasteiger partial charge in [-0.3, -0.25) is 4.79 Å². The molecular weight excluding hydrogens is 278 g/mol. The second-order valence-corrected chi connectivity index (χ2v) is 4.76. The number of ether oxygens (including phenoxy) is 2. The van der Waals surface area contributed by atoms with Gasteiger partial charge in [-0.05, 0) is 30.2 Å². The zero-order valence-corrected chi connectivity index (χ0v) is 12.7. The van der Waals surface area contributed by atoms with Gasteiger partial charge in [-0.2, -0.15) is 0 Å². The molecule has 116 valence electrons. The van der Waals surface area contributed by atoms with Crippen LogP contribution < -0.4 is 14.8 Å². The summed E-state index contributed by atoms with van der Waals surface area (Å²) in [5.74, 6) is 1.40. The fraction of sp³-hybridized carbons (Fsp3) is 0.278. The Morgan fingerprint density at radius 2 is 1.73 bits per heavy atom. The van der Waals surface area contributed by atoms with Gasteiger partial charge in [-0.15, -0.1) is 0 Å². The van der Waals surface area contributed by atoms with Gasteiger partial charge in [0.05, 0.1) is 6.54 Å². The van der Waals surface area contributed by atoms with E-state index in [0.29, 0.717) is 18.9 Å². The Kier molecular flexibility index (Phi) is 6.30. The topological polar surface area (TPSA) is 47.6 Å². The molecule has 0 saturated carbocycles. The van der Waals surface area contributed by atoms with Crippen molar-refractivity contribution >= 4 is 5.91 Å². The number of benzene rings is 2. The number of hydrogen-bond acceptors (Lipinski definition) is 3. The maximum absolute atomic E-state index is 11.7. The summed E-state index contributed by atoms with van der Waals surface area (Å²) in [4.78, 5) is 11.7. The molecule has 2 aromatic rings. The van der Waals surface area contributed by atoms with Gasteiger partial charge in [-0.25, -0.2) is 0 Å². The summed E-state index contributed by atoms with van der Waals surface area (Å²) in [5, 5.41) is 2.77. The van der Waals surface area contributed by atoms with Crippen LogP contribution in [0.1, 0.15) is 12.5 Å². The first-order valence-corrected chi connectivity index (χ1v) is 7.45. The quantitative estimate of drug-likeness (QED) is 0.763. The molecule has 0 heterocycles. The van der Waals surface area contributed by atoms with E-state index < -0.39 is 0 Å². The summed E-state index contributed by atoms with van der Waals surface area (Å²) >= 11 is 0. The van der Waals surface area contributed by atoms with Crippen molar-refractivity contribution in [2.75, 3.05) is 19.8 Å². The lowest BCUT2D eigenvalue weighted by atomic mass is 10.1. The van der Waals surface area contributed by atoms with Crippen molar-refractivity contribution in [3.63, 3.8) is 0 Å². The SMILES string of the molecule is CCc1ccccc1OCCNC(=O)COc1ccccc1. The lowest BCUT2D eigenvalue weighted by molar-refractivity contribution is -0.123. The van der Waals surface area contributed by atoms with Gasteiger partial charge >= 0.3 is 0 Å². The van der Waals surface area contributed by atoms with Crippen molar-refractivity contribution < 1.29 is 14.3 Å². The van der Waals surface area contributed by atoms with E-state index in [9.17, 15) is 4.79 Å². The normalized spacial score (nSPS) is 10.0. The van der Waals surface area contributed by atoms with Crippen LogP contribution in [0.15, 0.2) is 54.6 Å². The molecule has 0 aliphatic rings. The van der Waals surface area contributed by atoms with Crippen LogP contribution in [0, 0.1) is 0 Å². The van der Waals surface area contributed by atoms with Crippen molar-refractivity contribution in [3.8, 4) is 11.5 Å². The van der Waals surface area contributed by atoms with Crippen LogP contribution in [-0.4, -0.2) is 25.7 Å². The summed E-state index contributed by atoms with van der Waals surface area (Å²) in [6, 6.07) is 17.2. The predicted octanol–water partition coefficient (Wildman–Crippen LogP) is 2.82. The molecule has 2 aromatic carbocycles. The molecule has 0 radical (unpaired) electrons. The Hall–Kier alpha value is -2.49. The first-order chi connectivity index (χ1) is 10.8. The number of nitrogens with one attached hydrogen (secondary N) is 1. The van der Waals surface area contributed by atoms with Gasteiger partial charge in [0.2, 0.25) is 0 Å². The standard InChI is InChI=1S/C18H21NO3/c1-2-15-8-6-7-11-17(15)21-13-12-19-18(20)14-22-16-9-4-3-5-10-16/h3-11H,2,12-14H2,1H3,(H,19,20). The van der Waals surface area contributed by atoms with Crippen molar-refractivity contribution in [3.05, 3.63) is 60.2 Å². The Bertz CT molecular complexity index is 584. The van der Waals surface area contributed by atoms with Crippen LogP contribution in [0.3, 0.4) is 0 Å². The van der Waals surface area contributed by atoms with Gasteiger partial charge in [0.1, 0.15) is 18.1 Å². The van der Waals surface area contributed by atoms with E-state index in [-0.39, 0.29) is 12.5 Å². The van der Waals surface area contributed by atoms with Crippen LogP contribution in [0.4, 0.5) is 0 Å². The highest BCUT2D eigenvalue weighted by Crippen LogP contribution is 2.17. The number of carbonyl (C=O) groups excluding carboxylic acids is 1. The highest BCUT2D eigenvalue weighted by molar-refractivity contribution is 5.77. The minimum atomic E-state index is -0.156. The molecule has 0 saturated heterocycles. The van der Waals surface area contributed by atoms with Gasteiger partial charge in [0.15, 0.2) is 6.61 Å². The summed E-state index contributed by atoms with van der Waals surface area (Å²) in [6.07, 6.45) is 0.924. The van der Waals surface area contributed by atoms with E-state index in [1.165, 1.54) is 5.56 Å². The maximum atomic E-state index is 11.7. The number of carbonyl (C=O) groups is 1. The molecule has 0 unspecified atom stereocenters. The summed E-state index contributed by atoms with van der Waals surface area (Å²) in [5.41, 5.74) is 1.17. The lowest BCUT2D eigenvalue weighted by Crippen LogP contribution is -2.32. The average Bonchev–Trinajstić information content (AvgIpc) is 2.58. The van der Waals surface area contributed by atoms with E-state index in [2.05, 4.69) is 12.2 Å². The number of hydrogen-bond donors (Lipinski definition) is 1. The third-order valence-electron chi connectivity index (χ3n) is 3.15. The van der Waals surface area contributed by atoms with Crippen LogP contribution >= 0.6 is 0 Å². The zero-order chi connectivity index (χ0) is 15.6. The molecule has 0 fully saturated rings. The van der Waals surface area contributed by atoms with E-state index in [0.717, 1.165) is 12.2 Å². The Balaban J connectivity index is 1.65. The molecule has 0 atom stereocenters.